The van der Waals surface area contributed by atoms with Gasteiger partial charge in [0.1, 0.15) is 11.4 Å². The van der Waals surface area contributed by atoms with Crippen LogP contribution in [0, 0.1) is 27.4 Å². The number of phenols is 1. The molecule has 0 aliphatic rings. The molecule has 0 spiro atoms. The molecule has 0 bridgehead atoms. The van der Waals surface area contributed by atoms with Crippen molar-refractivity contribution in [3.05, 3.63) is 63.3 Å². The Labute approximate surface area is 162 Å². The van der Waals surface area contributed by atoms with Crippen LogP contribution in [0.1, 0.15) is 5.56 Å². The Morgan fingerprint density at radius 1 is 1.08 bits per heavy atom. The topological polar surface area (TPSA) is 131 Å². The van der Waals surface area contributed by atoms with Crippen LogP contribution in [0.25, 0.3) is 0 Å². The summed E-state index contributed by atoms with van der Waals surface area (Å²) in [5, 5.41) is 35.3. The third kappa shape index (κ3) is 4.28. The minimum absolute atomic E-state index is 0.0324. The normalized spacial score (nSPS) is 10.8. The maximum atomic E-state index is 11.0. The van der Waals surface area contributed by atoms with Gasteiger partial charge in [0.05, 0.1) is 29.3 Å². The first-order valence-electron chi connectivity index (χ1n) is 6.19. The Hall–Kier alpha value is -2.03. The summed E-state index contributed by atoms with van der Waals surface area (Å²) < 4.78 is 1.28. The molecule has 24 heavy (non-hydrogen) atoms. The maximum absolute atomic E-state index is 11.0. The second-order valence-corrected chi connectivity index (χ2v) is 6.74. The van der Waals surface area contributed by atoms with Gasteiger partial charge in [-0.1, -0.05) is 0 Å². The van der Waals surface area contributed by atoms with Gasteiger partial charge in [0, 0.05) is 6.07 Å². The van der Waals surface area contributed by atoms with Crippen molar-refractivity contribution in [2.24, 2.45) is 5.10 Å². The minimum atomic E-state index is -0.725. The highest BCUT2D eigenvalue weighted by Crippen LogP contribution is 2.29. The van der Waals surface area contributed by atoms with Crippen molar-refractivity contribution in [3.8, 4) is 5.75 Å². The Morgan fingerprint density at radius 2 is 1.71 bits per heavy atom. The highest BCUT2D eigenvalue weighted by molar-refractivity contribution is 14.1. The van der Waals surface area contributed by atoms with Crippen molar-refractivity contribution in [3.63, 3.8) is 0 Å². The van der Waals surface area contributed by atoms with Crippen molar-refractivity contribution in [2.45, 2.75) is 0 Å². The van der Waals surface area contributed by atoms with Crippen LogP contribution in [0.4, 0.5) is 17.1 Å². The Balaban J connectivity index is 2.25. The van der Waals surface area contributed by atoms with E-state index in [0.717, 1.165) is 12.1 Å². The number of benzene rings is 2. The van der Waals surface area contributed by atoms with Gasteiger partial charge in [0.25, 0.3) is 5.69 Å². The molecule has 9 nitrogen and oxygen atoms in total. The van der Waals surface area contributed by atoms with Crippen molar-refractivity contribution in [1.29, 1.82) is 0 Å². The molecule has 2 aromatic rings. The van der Waals surface area contributed by atoms with Gasteiger partial charge in [-0.15, -0.1) is 0 Å². The molecule has 0 fully saturated rings. The number of hydrogen-bond donors (Lipinski definition) is 2. The molecule has 0 heterocycles. The number of rotatable bonds is 5. The fraction of sp³-hybridized carbons (Fsp3) is 0. The number of anilines is 1. The summed E-state index contributed by atoms with van der Waals surface area (Å²) >= 11 is 3.95. The lowest BCUT2D eigenvalue weighted by Crippen LogP contribution is -1.99. The van der Waals surface area contributed by atoms with Gasteiger partial charge < -0.3 is 5.11 Å². The second-order valence-electron chi connectivity index (χ2n) is 4.42. The molecule has 0 saturated carbocycles. The largest absolute Gasteiger partial charge is 0.506 e. The van der Waals surface area contributed by atoms with Crippen molar-refractivity contribution in [2.75, 3.05) is 5.43 Å². The highest BCUT2D eigenvalue weighted by Gasteiger charge is 2.19. The molecule has 0 amide bonds. The first-order chi connectivity index (χ1) is 11.3. The summed E-state index contributed by atoms with van der Waals surface area (Å²) in [5.74, 6) is 0.173. The molecule has 2 aromatic carbocycles. The molecule has 0 aliphatic carbocycles. The zero-order valence-corrected chi connectivity index (χ0v) is 16.0. The number of nitro benzene ring substituents is 2. The van der Waals surface area contributed by atoms with E-state index in [1.54, 1.807) is 12.1 Å². The quantitative estimate of drug-likeness (QED) is 0.250. The Bertz CT molecular complexity index is 833. The summed E-state index contributed by atoms with van der Waals surface area (Å²) in [7, 11) is 0. The number of non-ortho nitro benzene ring substituents is 1. The zero-order valence-electron chi connectivity index (χ0n) is 11.6. The van der Waals surface area contributed by atoms with E-state index in [2.05, 4.69) is 10.5 Å². The van der Waals surface area contributed by atoms with E-state index in [4.69, 9.17) is 0 Å². The van der Waals surface area contributed by atoms with Gasteiger partial charge >= 0.3 is 5.69 Å². The van der Waals surface area contributed by atoms with Crippen LogP contribution < -0.4 is 5.43 Å². The lowest BCUT2D eigenvalue weighted by atomic mass is 10.2. The van der Waals surface area contributed by atoms with Crippen LogP contribution in [-0.4, -0.2) is 21.2 Å². The second kappa shape index (κ2) is 7.69. The maximum Gasteiger partial charge on any atom is 0.301 e. The van der Waals surface area contributed by atoms with Gasteiger partial charge in [-0.05, 0) is 68.9 Å². The zero-order chi connectivity index (χ0) is 17.9. The molecule has 0 aliphatic heterocycles. The van der Waals surface area contributed by atoms with E-state index in [0.29, 0.717) is 12.7 Å². The van der Waals surface area contributed by atoms with Gasteiger partial charge in [0.2, 0.25) is 0 Å². The average molecular weight is 554 g/mol. The Morgan fingerprint density at radius 3 is 2.25 bits per heavy atom. The Kier molecular flexibility index (Phi) is 5.87. The number of phenolic OH excluding ortho intramolecular Hbond substituents is 1. The SMILES string of the molecule is O=[N+]([O-])c1ccc(N/N=C\c2cc(I)c(O)c(I)c2)c([N+](=O)[O-])c1. The standard InChI is InChI=1S/C13H8I2N4O5/c14-9-3-7(4-10(15)13(9)20)6-16-17-11-2-1-8(18(21)22)5-12(11)19(23)24/h1-6,17,20H/b16-6-. The third-order valence-corrected chi connectivity index (χ3v) is 4.47. The molecule has 0 radical (unpaired) electrons. The minimum Gasteiger partial charge on any atom is -0.506 e. The van der Waals surface area contributed by atoms with E-state index in [9.17, 15) is 25.3 Å². The van der Waals surface area contributed by atoms with E-state index >= 15 is 0 Å². The smallest absolute Gasteiger partial charge is 0.301 e. The lowest BCUT2D eigenvalue weighted by Gasteiger charge is -2.03. The highest BCUT2D eigenvalue weighted by atomic mass is 127. The number of halogens is 2. The third-order valence-electron chi connectivity index (χ3n) is 2.83. The van der Waals surface area contributed by atoms with E-state index < -0.39 is 15.5 Å². The molecule has 0 atom stereocenters. The molecule has 0 unspecified atom stereocenters. The van der Waals surface area contributed by atoms with Crippen LogP contribution in [-0.2, 0) is 0 Å². The lowest BCUT2D eigenvalue weighted by molar-refractivity contribution is -0.393. The molecule has 2 rings (SSSR count). The number of aromatic hydroxyl groups is 1. The number of hydrazone groups is 1. The van der Waals surface area contributed by atoms with Gasteiger partial charge in [-0.3, -0.25) is 25.7 Å². The summed E-state index contributed by atoms with van der Waals surface area (Å²) in [6.07, 6.45) is 1.43. The molecular formula is C13H8I2N4O5. The van der Waals surface area contributed by atoms with Crippen LogP contribution >= 0.6 is 45.2 Å². The molecule has 124 valence electrons. The van der Waals surface area contributed by atoms with Crippen LogP contribution in [0.3, 0.4) is 0 Å². The van der Waals surface area contributed by atoms with Gasteiger partial charge in [-0.2, -0.15) is 5.10 Å². The van der Waals surface area contributed by atoms with E-state index in [1.165, 1.54) is 12.3 Å². The van der Waals surface area contributed by atoms with Gasteiger partial charge in [-0.25, -0.2) is 0 Å². The fourth-order valence-electron chi connectivity index (χ4n) is 1.72. The number of nitro groups is 2. The van der Waals surface area contributed by atoms with Crippen LogP contribution in [0.15, 0.2) is 35.4 Å². The predicted molar refractivity (Wildman–Crippen MR) is 105 cm³/mol. The first-order valence-corrected chi connectivity index (χ1v) is 8.35. The average Bonchev–Trinajstić information content (AvgIpc) is 2.52. The predicted octanol–water partition coefficient (Wildman–Crippen LogP) is 3.86. The van der Waals surface area contributed by atoms with Crippen molar-refractivity contribution < 1.29 is 15.0 Å². The molecule has 0 aromatic heterocycles. The summed E-state index contributed by atoms with van der Waals surface area (Å²) in [5.41, 5.74) is 2.39. The first kappa shape index (κ1) is 18.3. The van der Waals surface area contributed by atoms with Crippen molar-refractivity contribution >= 4 is 68.5 Å². The van der Waals surface area contributed by atoms with Crippen LogP contribution in [0.5, 0.6) is 5.75 Å². The summed E-state index contributed by atoms with van der Waals surface area (Å²) in [6.45, 7) is 0. The summed E-state index contributed by atoms with van der Waals surface area (Å²) in [4.78, 5) is 20.3. The van der Waals surface area contributed by atoms with E-state index in [-0.39, 0.29) is 17.1 Å². The number of nitrogens with zero attached hydrogens (tertiary/aromatic N) is 3. The fourth-order valence-corrected chi connectivity index (χ4v) is 3.53. The molecular weight excluding hydrogens is 546 g/mol. The number of nitrogens with one attached hydrogen (secondary N) is 1. The number of hydrogen-bond acceptors (Lipinski definition) is 7. The van der Waals surface area contributed by atoms with Gasteiger partial charge in [0.15, 0.2) is 0 Å². The molecule has 0 saturated heterocycles. The molecule has 2 N–H and O–H groups in total. The molecule has 11 heteroatoms. The monoisotopic (exact) mass is 554 g/mol. The van der Waals surface area contributed by atoms with Crippen molar-refractivity contribution in [1.82, 2.24) is 0 Å². The summed E-state index contributed by atoms with van der Waals surface area (Å²) in [6, 6.07) is 6.61. The van der Waals surface area contributed by atoms with Crippen LogP contribution in [0.2, 0.25) is 0 Å². The van der Waals surface area contributed by atoms with E-state index in [1.807, 2.05) is 45.2 Å².